The minimum atomic E-state index is -3.70. The molecule has 0 aliphatic heterocycles. The molecule has 2 aromatic rings. The number of rotatable bonds is 5. The van der Waals surface area contributed by atoms with Crippen LogP contribution in [0.3, 0.4) is 0 Å². The Balaban J connectivity index is 2.21. The number of thiophene rings is 1. The molecule has 112 valence electrons. The highest BCUT2D eigenvalue weighted by Crippen LogP contribution is 2.24. The Bertz CT molecular complexity index is 753. The number of carboxylic acids is 1. The fourth-order valence-corrected chi connectivity index (χ4v) is 4.30. The lowest BCUT2D eigenvalue weighted by Gasteiger charge is -2.16. The van der Waals surface area contributed by atoms with Crippen molar-refractivity contribution in [1.82, 2.24) is 4.31 Å². The number of aromatic carboxylic acids is 1. The van der Waals surface area contributed by atoms with Crippen molar-refractivity contribution in [2.45, 2.75) is 10.8 Å². The molecule has 0 bridgehead atoms. The predicted octanol–water partition coefficient (Wildman–Crippen LogP) is 2.92. The van der Waals surface area contributed by atoms with Crippen LogP contribution in [0.5, 0.6) is 0 Å². The molecule has 1 heterocycles. The summed E-state index contributed by atoms with van der Waals surface area (Å²) in [4.78, 5) is 10.8. The SMILES string of the molecule is CN(Cc1ccc(Cl)cc1)S(=O)(=O)c1cc(C(=O)O)cs1. The Hall–Kier alpha value is -1.41. The summed E-state index contributed by atoms with van der Waals surface area (Å²) in [5, 5.41) is 10.7. The van der Waals surface area contributed by atoms with E-state index in [1.54, 1.807) is 24.3 Å². The molecule has 2 rings (SSSR count). The normalized spacial score (nSPS) is 11.8. The first-order valence-corrected chi connectivity index (χ1v) is 8.53. The molecule has 8 heteroatoms. The quantitative estimate of drug-likeness (QED) is 0.904. The third-order valence-electron chi connectivity index (χ3n) is 2.81. The Morgan fingerprint density at radius 2 is 1.95 bits per heavy atom. The van der Waals surface area contributed by atoms with Crippen LogP contribution >= 0.6 is 22.9 Å². The topological polar surface area (TPSA) is 74.7 Å². The number of sulfonamides is 1. The lowest BCUT2D eigenvalue weighted by Crippen LogP contribution is -2.25. The van der Waals surface area contributed by atoms with Crippen molar-refractivity contribution < 1.29 is 18.3 Å². The smallest absolute Gasteiger partial charge is 0.336 e. The van der Waals surface area contributed by atoms with Gasteiger partial charge in [-0.15, -0.1) is 11.3 Å². The van der Waals surface area contributed by atoms with E-state index in [0.717, 1.165) is 16.9 Å². The maximum atomic E-state index is 12.4. The summed E-state index contributed by atoms with van der Waals surface area (Å²) in [6.45, 7) is 0.180. The number of hydrogen-bond donors (Lipinski definition) is 1. The molecule has 0 atom stereocenters. The van der Waals surface area contributed by atoms with E-state index in [9.17, 15) is 13.2 Å². The number of nitrogens with zero attached hydrogens (tertiary/aromatic N) is 1. The van der Waals surface area contributed by atoms with E-state index in [0.29, 0.717) is 5.02 Å². The van der Waals surface area contributed by atoms with Crippen molar-refractivity contribution in [2.75, 3.05) is 7.05 Å². The molecule has 0 unspecified atom stereocenters. The van der Waals surface area contributed by atoms with Gasteiger partial charge in [0, 0.05) is 24.0 Å². The summed E-state index contributed by atoms with van der Waals surface area (Å²) >= 11 is 6.68. The monoisotopic (exact) mass is 345 g/mol. The second-order valence-electron chi connectivity index (χ2n) is 4.35. The summed E-state index contributed by atoms with van der Waals surface area (Å²) < 4.78 is 25.9. The van der Waals surface area contributed by atoms with Gasteiger partial charge in [0.25, 0.3) is 10.0 Å². The van der Waals surface area contributed by atoms with Crippen molar-refractivity contribution in [3.63, 3.8) is 0 Å². The number of halogens is 1. The molecule has 5 nitrogen and oxygen atoms in total. The average Bonchev–Trinajstić information content (AvgIpc) is 2.91. The van der Waals surface area contributed by atoms with Gasteiger partial charge in [-0.3, -0.25) is 0 Å². The van der Waals surface area contributed by atoms with Gasteiger partial charge < -0.3 is 5.11 Å². The van der Waals surface area contributed by atoms with Gasteiger partial charge in [0.1, 0.15) is 4.21 Å². The average molecular weight is 346 g/mol. The van der Waals surface area contributed by atoms with E-state index < -0.39 is 16.0 Å². The molecule has 0 saturated carbocycles. The van der Waals surface area contributed by atoms with Crippen molar-refractivity contribution in [3.8, 4) is 0 Å². The van der Waals surface area contributed by atoms with E-state index in [2.05, 4.69) is 0 Å². The van der Waals surface area contributed by atoms with Gasteiger partial charge in [-0.2, -0.15) is 4.31 Å². The minimum absolute atomic E-state index is 0.0105. The van der Waals surface area contributed by atoms with Crippen LogP contribution in [0.1, 0.15) is 15.9 Å². The van der Waals surface area contributed by atoms with Crippen molar-refractivity contribution >= 4 is 38.9 Å². The molecule has 0 fully saturated rings. The van der Waals surface area contributed by atoms with Crippen LogP contribution < -0.4 is 0 Å². The molecule has 1 N–H and O–H groups in total. The maximum Gasteiger partial charge on any atom is 0.336 e. The Morgan fingerprint density at radius 1 is 1.33 bits per heavy atom. The van der Waals surface area contributed by atoms with Gasteiger partial charge in [0.15, 0.2) is 0 Å². The number of carbonyl (C=O) groups is 1. The van der Waals surface area contributed by atoms with Crippen molar-refractivity contribution in [3.05, 3.63) is 51.9 Å². The Labute approximate surface area is 131 Å². The summed E-state index contributed by atoms with van der Waals surface area (Å²) in [5.41, 5.74) is 0.763. The van der Waals surface area contributed by atoms with Gasteiger partial charge in [-0.05, 0) is 23.8 Å². The van der Waals surface area contributed by atoms with E-state index in [1.165, 1.54) is 22.8 Å². The van der Waals surface area contributed by atoms with Crippen LogP contribution in [0, 0.1) is 0 Å². The van der Waals surface area contributed by atoms with Crippen molar-refractivity contribution in [2.24, 2.45) is 0 Å². The van der Waals surface area contributed by atoms with Crippen LogP contribution in [0.2, 0.25) is 5.02 Å². The van der Waals surface area contributed by atoms with Gasteiger partial charge in [-0.1, -0.05) is 23.7 Å². The number of benzene rings is 1. The molecule has 1 aromatic carbocycles. The lowest BCUT2D eigenvalue weighted by atomic mass is 10.2. The van der Waals surface area contributed by atoms with Crippen LogP contribution in [-0.4, -0.2) is 30.8 Å². The highest BCUT2D eigenvalue weighted by molar-refractivity contribution is 7.91. The molecule has 0 aliphatic rings. The Kier molecular flexibility index (Phi) is 4.67. The van der Waals surface area contributed by atoms with Gasteiger partial charge in [0.2, 0.25) is 0 Å². The molecule has 0 saturated heterocycles. The van der Waals surface area contributed by atoms with Gasteiger partial charge in [-0.25, -0.2) is 13.2 Å². The molecular weight excluding hydrogens is 334 g/mol. The second kappa shape index (κ2) is 6.15. The summed E-state index contributed by atoms with van der Waals surface area (Å²) in [7, 11) is -2.26. The molecule has 21 heavy (non-hydrogen) atoms. The minimum Gasteiger partial charge on any atom is -0.478 e. The summed E-state index contributed by atoms with van der Waals surface area (Å²) in [6, 6.07) is 8.02. The van der Waals surface area contributed by atoms with E-state index >= 15 is 0 Å². The lowest BCUT2D eigenvalue weighted by molar-refractivity contribution is 0.0697. The van der Waals surface area contributed by atoms with Crippen molar-refractivity contribution in [1.29, 1.82) is 0 Å². The summed E-state index contributed by atoms with van der Waals surface area (Å²) in [5.74, 6) is -1.15. The van der Waals surface area contributed by atoms with Crippen LogP contribution in [0.25, 0.3) is 0 Å². The molecule has 0 amide bonds. The zero-order valence-electron chi connectivity index (χ0n) is 11.0. The zero-order valence-corrected chi connectivity index (χ0v) is 13.4. The molecule has 0 aliphatic carbocycles. The Morgan fingerprint density at radius 3 is 2.48 bits per heavy atom. The fraction of sp³-hybridized carbons (Fsp3) is 0.154. The van der Waals surface area contributed by atoms with Crippen LogP contribution in [-0.2, 0) is 16.6 Å². The standard InChI is InChI=1S/C13H12ClNO4S2/c1-15(7-9-2-4-11(14)5-3-9)21(18,19)12-6-10(8-20-12)13(16)17/h2-6,8H,7H2,1H3,(H,16,17). The third kappa shape index (κ3) is 3.62. The molecule has 1 aromatic heterocycles. The highest BCUT2D eigenvalue weighted by atomic mass is 35.5. The summed E-state index contributed by atoms with van der Waals surface area (Å²) in [6.07, 6.45) is 0. The van der Waals surface area contributed by atoms with E-state index in [1.807, 2.05) is 0 Å². The number of carboxylic acid groups (broad SMARTS) is 1. The molecule has 0 spiro atoms. The van der Waals surface area contributed by atoms with Gasteiger partial charge >= 0.3 is 5.97 Å². The van der Waals surface area contributed by atoms with Gasteiger partial charge in [0.05, 0.1) is 5.56 Å². The second-order valence-corrected chi connectivity index (χ2v) is 7.97. The van der Waals surface area contributed by atoms with E-state index in [-0.39, 0.29) is 16.3 Å². The van der Waals surface area contributed by atoms with E-state index in [4.69, 9.17) is 16.7 Å². The maximum absolute atomic E-state index is 12.4. The largest absolute Gasteiger partial charge is 0.478 e. The first kappa shape index (κ1) is 16.0. The first-order valence-electron chi connectivity index (χ1n) is 5.83. The van der Waals surface area contributed by atoms with Crippen LogP contribution in [0.4, 0.5) is 0 Å². The highest BCUT2D eigenvalue weighted by Gasteiger charge is 2.24. The molecule has 0 radical (unpaired) electrons. The number of hydrogen-bond acceptors (Lipinski definition) is 4. The van der Waals surface area contributed by atoms with Crippen LogP contribution in [0.15, 0.2) is 39.9 Å². The first-order chi connectivity index (χ1) is 9.80. The molecular formula is C13H12ClNO4S2. The predicted molar refractivity (Wildman–Crippen MR) is 81.4 cm³/mol. The fourth-order valence-electron chi connectivity index (χ4n) is 1.65. The third-order valence-corrected chi connectivity index (χ3v) is 6.28. The zero-order chi connectivity index (χ0) is 15.6.